The Morgan fingerprint density at radius 1 is 0.515 bits per heavy atom. The van der Waals surface area contributed by atoms with Gasteiger partial charge in [0.25, 0.3) is 0 Å². The van der Waals surface area contributed by atoms with Gasteiger partial charge in [-0.05, 0) is 51.4 Å². The molecule has 0 saturated heterocycles. The Morgan fingerprint density at radius 2 is 0.864 bits per heavy atom. The Balaban J connectivity index is 3.58. The van der Waals surface area contributed by atoms with Gasteiger partial charge in [0.05, 0.1) is 39.9 Å². The lowest BCUT2D eigenvalue weighted by Gasteiger charge is -2.26. The van der Waals surface area contributed by atoms with Gasteiger partial charge < -0.3 is 19.8 Å². The van der Waals surface area contributed by atoms with Crippen LogP contribution in [0.4, 0.5) is 0 Å². The molecule has 1 amide bonds. The normalized spacial score (nSPS) is 14.2. The Bertz CT molecular complexity index is 1170. The van der Waals surface area contributed by atoms with E-state index >= 15 is 0 Å². The van der Waals surface area contributed by atoms with Crippen LogP contribution in [0.5, 0.6) is 0 Å². The van der Waals surface area contributed by atoms with Crippen molar-refractivity contribution in [2.75, 3.05) is 40.9 Å². The molecular formula is C57H112N2O6P+. The van der Waals surface area contributed by atoms with E-state index in [0.717, 1.165) is 51.4 Å². The third kappa shape index (κ3) is 50.6. The molecule has 0 aliphatic carbocycles. The number of hydrogen-bond acceptors (Lipinski definition) is 5. The van der Waals surface area contributed by atoms with Crippen LogP contribution in [0.3, 0.4) is 0 Å². The van der Waals surface area contributed by atoms with Crippen LogP contribution in [0, 0.1) is 0 Å². The maximum atomic E-state index is 12.7. The molecular weight excluding hydrogens is 840 g/mol. The fourth-order valence-electron chi connectivity index (χ4n) is 8.41. The highest BCUT2D eigenvalue weighted by Crippen LogP contribution is 2.43. The fourth-order valence-corrected chi connectivity index (χ4v) is 9.14. The zero-order valence-electron chi connectivity index (χ0n) is 44.4. The minimum atomic E-state index is -4.29. The first-order valence-corrected chi connectivity index (χ1v) is 29.8. The van der Waals surface area contributed by atoms with Crippen LogP contribution < -0.4 is 5.32 Å². The van der Waals surface area contributed by atoms with Gasteiger partial charge in [0.2, 0.25) is 5.91 Å². The van der Waals surface area contributed by atoms with Crippen LogP contribution in [0.15, 0.2) is 36.5 Å². The number of unbranched alkanes of at least 4 members (excludes halogenated alkanes) is 33. The predicted molar refractivity (Wildman–Crippen MR) is 286 cm³/mol. The molecule has 0 bridgehead atoms. The topological polar surface area (TPSA) is 105 Å². The second-order valence-corrected chi connectivity index (χ2v) is 22.1. The predicted octanol–water partition coefficient (Wildman–Crippen LogP) is 17.0. The van der Waals surface area contributed by atoms with Gasteiger partial charge in [-0.1, -0.05) is 249 Å². The number of aliphatic hydroxyl groups is 1. The van der Waals surface area contributed by atoms with E-state index in [1.165, 1.54) is 193 Å². The van der Waals surface area contributed by atoms with Crippen molar-refractivity contribution in [2.45, 2.75) is 283 Å². The molecule has 3 N–H and O–H groups in total. The van der Waals surface area contributed by atoms with Crippen molar-refractivity contribution in [1.29, 1.82) is 0 Å². The maximum Gasteiger partial charge on any atom is 0.472 e. The summed E-state index contributed by atoms with van der Waals surface area (Å²) >= 11 is 0. The van der Waals surface area contributed by atoms with Crippen LogP contribution in [0.2, 0.25) is 0 Å². The molecule has 0 aromatic heterocycles. The van der Waals surface area contributed by atoms with Crippen molar-refractivity contribution in [3.8, 4) is 0 Å². The van der Waals surface area contributed by atoms with Crippen molar-refractivity contribution >= 4 is 13.7 Å². The van der Waals surface area contributed by atoms with Crippen LogP contribution in [-0.4, -0.2) is 73.4 Å². The van der Waals surface area contributed by atoms with E-state index in [9.17, 15) is 19.4 Å². The Kier molecular flexibility index (Phi) is 47.8. The van der Waals surface area contributed by atoms with Crippen molar-refractivity contribution < 1.29 is 32.9 Å². The number of phosphoric ester groups is 1. The SMILES string of the molecule is CCCCCCC/C=C\C/C=C\C/C=C\CCCCCCCCCCCCCCCCCCCCCCCCCCCCC(=O)NC(COP(=O)(O)OCC[N+](C)(C)C)C(O)CCCCC. The summed E-state index contributed by atoms with van der Waals surface area (Å²) in [5.74, 6) is -0.152. The average Bonchev–Trinajstić information content (AvgIpc) is 3.27. The molecule has 0 radical (unpaired) electrons. The Labute approximate surface area is 410 Å². The molecule has 8 nitrogen and oxygen atoms in total. The van der Waals surface area contributed by atoms with Gasteiger partial charge in [-0.25, -0.2) is 4.57 Å². The Hall–Kier alpha value is -1.28. The third-order valence-corrected chi connectivity index (χ3v) is 13.9. The standard InChI is InChI=1S/C57H111N2O6P/c1-6-8-10-11-12-13-14-15-16-17-18-19-20-21-22-23-24-25-26-27-28-29-30-31-32-33-34-35-36-37-38-39-40-41-42-43-44-45-46-47-49-51-57(61)58-55(56(60)50-48-9-7-2)54-65-66(62,63)64-53-52-59(3,4)5/h14-15,17-18,20-21,55-56,60H,6-13,16,19,22-54H2,1-5H3,(H-,58,61,62,63)/p+1/b15-14-,18-17-,21-20-. The number of likely N-dealkylation sites (N-methyl/N-ethyl adjacent to an activating group) is 1. The lowest BCUT2D eigenvalue weighted by atomic mass is 10.0. The van der Waals surface area contributed by atoms with Crippen molar-refractivity contribution in [3.63, 3.8) is 0 Å². The van der Waals surface area contributed by atoms with Gasteiger partial charge in [-0.2, -0.15) is 0 Å². The first-order chi connectivity index (χ1) is 32.0. The summed E-state index contributed by atoms with van der Waals surface area (Å²) in [5, 5.41) is 13.6. The molecule has 0 fully saturated rings. The maximum absolute atomic E-state index is 12.7. The van der Waals surface area contributed by atoms with E-state index in [1.54, 1.807) is 0 Å². The number of amides is 1. The largest absolute Gasteiger partial charge is 0.472 e. The van der Waals surface area contributed by atoms with Crippen LogP contribution in [-0.2, 0) is 18.4 Å². The first-order valence-electron chi connectivity index (χ1n) is 28.4. The zero-order chi connectivity index (χ0) is 48.5. The van der Waals surface area contributed by atoms with Gasteiger partial charge in [-0.3, -0.25) is 13.8 Å². The lowest BCUT2D eigenvalue weighted by Crippen LogP contribution is -2.46. The molecule has 0 saturated carbocycles. The van der Waals surface area contributed by atoms with Crippen LogP contribution in [0.1, 0.15) is 271 Å². The fraction of sp³-hybridized carbons (Fsp3) is 0.877. The summed E-state index contributed by atoms with van der Waals surface area (Å²) in [7, 11) is 1.62. The molecule has 3 unspecified atom stereocenters. The summed E-state index contributed by atoms with van der Waals surface area (Å²) in [6, 6.07) is -0.753. The monoisotopic (exact) mass is 952 g/mol. The molecule has 3 atom stereocenters. The molecule has 0 aromatic rings. The number of quaternary nitrogens is 1. The number of carbonyl (C=O) groups excluding carboxylic acids is 1. The molecule has 0 heterocycles. The van der Waals surface area contributed by atoms with Gasteiger partial charge >= 0.3 is 7.82 Å². The van der Waals surface area contributed by atoms with E-state index < -0.39 is 20.0 Å². The smallest absolute Gasteiger partial charge is 0.391 e. The number of allylic oxidation sites excluding steroid dienone is 6. The van der Waals surface area contributed by atoms with Crippen molar-refractivity contribution in [2.24, 2.45) is 0 Å². The van der Waals surface area contributed by atoms with Gasteiger partial charge in [0.1, 0.15) is 13.2 Å². The quantitative estimate of drug-likeness (QED) is 0.0243. The van der Waals surface area contributed by atoms with Gasteiger partial charge in [0, 0.05) is 6.42 Å². The summed E-state index contributed by atoms with van der Waals surface area (Å²) in [6.07, 6.45) is 63.3. The van der Waals surface area contributed by atoms with E-state index in [-0.39, 0.29) is 19.1 Å². The molecule has 0 rings (SSSR count). The molecule has 0 aliphatic heterocycles. The minimum Gasteiger partial charge on any atom is -0.391 e. The van der Waals surface area contributed by atoms with E-state index in [4.69, 9.17) is 9.05 Å². The highest BCUT2D eigenvalue weighted by atomic mass is 31.2. The van der Waals surface area contributed by atoms with Crippen molar-refractivity contribution in [1.82, 2.24) is 5.32 Å². The van der Waals surface area contributed by atoms with Crippen molar-refractivity contribution in [3.05, 3.63) is 36.5 Å². The summed E-state index contributed by atoms with van der Waals surface area (Å²) in [4.78, 5) is 22.9. The molecule has 9 heteroatoms. The third-order valence-electron chi connectivity index (χ3n) is 12.9. The second kappa shape index (κ2) is 48.7. The Morgan fingerprint density at radius 3 is 1.26 bits per heavy atom. The summed E-state index contributed by atoms with van der Waals surface area (Å²) in [6.45, 7) is 4.72. The molecule has 0 spiro atoms. The average molecular weight is 953 g/mol. The number of aliphatic hydroxyl groups excluding tert-OH is 1. The van der Waals surface area contributed by atoms with E-state index in [2.05, 4.69) is 55.6 Å². The van der Waals surface area contributed by atoms with Crippen LogP contribution >= 0.6 is 7.82 Å². The number of nitrogens with zero attached hydrogens (tertiary/aromatic N) is 1. The van der Waals surface area contributed by atoms with E-state index in [0.29, 0.717) is 23.9 Å². The molecule has 0 aromatic carbocycles. The van der Waals surface area contributed by atoms with Gasteiger partial charge in [0.15, 0.2) is 0 Å². The lowest BCUT2D eigenvalue weighted by molar-refractivity contribution is -0.870. The highest BCUT2D eigenvalue weighted by Gasteiger charge is 2.28. The number of carbonyl (C=O) groups is 1. The van der Waals surface area contributed by atoms with E-state index in [1.807, 2.05) is 21.1 Å². The van der Waals surface area contributed by atoms with Gasteiger partial charge in [-0.15, -0.1) is 0 Å². The first kappa shape index (κ1) is 64.7. The number of hydrogen-bond donors (Lipinski definition) is 3. The number of phosphoric acid groups is 1. The number of nitrogens with one attached hydrogen (secondary N) is 1. The number of rotatable bonds is 52. The molecule has 0 aliphatic rings. The molecule has 66 heavy (non-hydrogen) atoms. The second-order valence-electron chi connectivity index (χ2n) is 20.7. The summed E-state index contributed by atoms with van der Waals surface area (Å²) < 4.78 is 23.4. The minimum absolute atomic E-state index is 0.0747. The van der Waals surface area contributed by atoms with Crippen LogP contribution in [0.25, 0.3) is 0 Å². The molecule has 390 valence electrons. The summed E-state index contributed by atoms with van der Waals surface area (Å²) in [5.41, 5.74) is 0. The highest BCUT2D eigenvalue weighted by molar-refractivity contribution is 7.47. The zero-order valence-corrected chi connectivity index (χ0v) is 45.3.